The minimum absolute atomic E-state index is 0.157. The van der Waals surface area contributed by atoms with E-state index in [1.54, 1.807) is 18.6 Å². The highest BCUT2D eigenvalue weighted by Gasteiger charge is 2.76. The van der Waals surface area contributed by atoms with Gasteiger partial charge in [0.15, 0.2) is 5.60 Å². The average molecular weight is 376 g/mol. The van der Waals surface area contributed by atoms with Crippen LogP contribution < -0.4 is 0 Å². The molecule has 0 amide bonds. The lowest BCUT2D eigenvalue weighted by atomic mass is 9.42. The number of aliphatic hydroxyl groups is 2. The van der Waals surface area contributed by atoms with Gasteiger partial charge in [0.1, 0.15) is 18.3 Å². The second-order valence-corrected chi connectivity index (χ2v) is 9.14. The monoisotopic (exact) mass is 376 g/mol. The first-order chi connectivity index (χ1) is 12.7. The Morgan fingerprint density at radius 2 is 2.00 bits per heavy atom. The van der Waals surface area contributed by atoms with E-state index in [1.165, 1.54) is 0 Å². The van der Waals surface area contributed by atoms with Gasteiger partial charge in [0.05, 0.1) is 18.4 Å². The number of cyclic esters (lactones) is 1. The Labute approximate surface area is 156 Å². The average Bonchev–Trinajstić information content (AvgIpc) is 3.19. The second-order valence-electron chi connectivity index (χ2n) is 9.14. The fourth-order valence-corrected chi connectivity index (χ4v) is 6.55. The number of hydrogen-bond acceptors (Lipinski definition) is 7. The van der Waals surface area contributed by atoms with Crippen LogP contribution in [-0.4, -0.2) is 40.0 Å². The molecule has 2 aliphatic carbocycles. The molecule has 0 unspecified atom stereocenters. The topological polar surface area (TPSA) is 106 Å². The third-order valence-electron chi connectivity index (χ3n) is 8.09. The molecule has 3 heterocycles. The SMILES string of the molecule is C[C@@]12C[C@@H](c3ccoc3)OC(=O)[C@H]1CC[C@]1(C)[C@H]2C[C@@H]2OC(=O)[C@@]1(O)[C@H]2O. The minimum atomic E-state index is -1.93. The molecule has 2 saturated carbocycles. The largest absolute Gasteiger partial charge is 0.472 e. The van der Waals surface area contributed by atoms with Crippen molar-refractivity contribution < 1.29 is 33.7 Å². The van der Waals surface area contributed by atoms with Crippen molar-refractivity contribution in [3.8, 4) is 0 Å². The van der Waals surface area contributed by atoms with E-state index < -0.39 is 40.7 Å². The van der Waals surface area contributed by atoms with Crippen LogP contribution in [0.25, 0.3) is 0 Å². The number of carbonyl (C=O) groups excluding carboxylic acids is 2. The molecule has 7 nitrogen and oxygen atoms in total. The highest BCUT2D eigenvalue weighted by Crippen LogP contribution is 2.68. The van der Waals surface area contributed by atoms with Crippen LogP contribution in [-0.2, 0) is 19.1 Å². The smallest absolute Gasteiger partial charge is 0.342 e. The number of aliphatic hydroxyl groups excluding tert-OH is 1. The van der Waals surface area contributed by atoms with Crippen molar-refractivity contribution in [3.05, 3.63) is 24.2 Å². The van der Waals surface area contributed by atoms with Crippen molar-refractivity contribution in [2.75, 3.05) is 0 Å². The lowest BCUT2D eigenvalue weighted by Crippen LogP contribution is -2.69. The number of hydrogen-bond donors (Lipinski definition) is 2. The van der Waals surface area contributed by atoms with Crippen LogP contribution in [0.5, 0.6) is 0 Å². The first-order valence-electron chi connectivity index (χ1n) is 9.56. The summed E-state index contributed by atoms with van der Waals surface area (Å²) in [5, 5.41) is 21.9. The van der Waals surface area contributed by atoms with Gasteiger partial charge < -0.3 is 24.1 Å². The quantitative estimate of drug-likeness (QED) is 0.719. The molecule has 0 aromatic carbocycles. The number of esters is 2. The third-order valence-corrected chi connectivity index (χ3v) is 8.09. The van der Waals surface area contributed by atoms with Gasteiger partial charge in [-0.1, -0.05) is 13.8 Å². The molecule has 2 N–H and O–H groups in total. The molecule has 27 heavy (non-hydrogen) atoms. The Kier molecular flexibility index (Phi) is 3.29. The van der Waals surface area contributed by atoms with Crippen LogP contribution in [0.2, 0.25) is 0 Å². The highest BCUT2D eigenvalue weighted by atomic mass is 16.6. The van der Waals surface area contributed by atoms with E-state index in [4.69, 9.17) is 13.9 Å². The van der Waals surface area contributed by atoms with Crippen LogP contribution in [0.1, 0.15) is 51.2 Å². The summed E-state index contributed by atoms with van der Waals surface area (Å²) >= 11 is 0. The third kappa shape index (κ3) is 1.89. The summed E-state index contributed by atoms with van der Waals surface area (Å²) in [7, 11) is 0. The first-order valence-corrected chi connectivity index (χ1v) is 9.56. The molecule has 7 heteroatoms. The molecule has 1 aromatic rings. The molecule has 8 atom stereocenters. The van der Waals surface area contributed by atoms with E-state index in [1.807, 2.05) is 6.92 Å². The molecule has 0 radical (unpaired) electrons. The predicted molar refractivity (Wildman–Crippen MR) is 90.0 cm³/mol. The fraction of sp³-hybridized carbons (Fsp3) is 0.700. The van der Waals surface area contributed by atoms with Gasteiger partial charge in [-0.2, -0.15) is 0 Å². The van der Waals surface area contributed by atoms with Gasteiger partial charge in [-0.15, -0.1) is 0 Å². The zero-order valence-corrected chi connectivity index (χ0v) is 15.4. The number of carbonyl (C=O) groups is 2. The van der Waals surface area contributed by atoms with Crippen LogP contribution in [0.4, 0.5) is 0 Å². The van der Waals surface area contributed by atoms with Crippen LogP contribution in [0, 0.1) is 22.7 Å². The maximum Gasteiger partial charge on any atom is 0.342 e. The standard InChI is InChI=1S/C20H24O7/c1-18-8-13(10-4-6-25-9-10)26-16(22)11(18)3-5-19(2)14(18)7-12-15(21)20(19,24)17(23)27-12/h4,6,9,11-15,21,24H,3,5,7-8H2,1-2H3/t11-,12+,13+,14+,15+,18-,19-,20+/m1/s1. The summed E-state index contributed by atoms with van der Waals surface area (Å²) in [6.07, 6.45) is 2.73. The van der Waals surface area contributed by atoms with E-state index in [-0.39, 0.29) is 17.8 Å². The molecular weight excluding hydrogens is 352 g/mol. The lowest BCUT2D eigenvalue weighted by molar-refractivity contribution is -0.242. The predicted octanol–water partition coefficient (Wildman–Crippen LogP) is 1.73. The Balaban J connectivity index is 1.59. The minimum Gasteiger partial charge on any atom is -0.472 e. The van der Waals surface area contributed by atoms with Gasteiger partial charge in [-0.3, -0.25) is 4.79 Å². The summed E-state index contributed by atoms with van der Waals surface area (Å²) in [6.45, 7) is 3.91. The lowest BCUT2D eigenvalue weighted by Gasteiger charge is -2.62. The summed E-state index contributed by atoms with van der Waals surface area (Å²) in [6, 6.07) is 1.79. The van der Waals surface area contributed by atoms with E-state index in [9.17, 15) is 19.8 Å². The zero-order valence-electron chi connectivity index (χ0n) is 15.4. The molecule has 0 spiro atoms. The Hall–Kier alpha value is -1.86. The summed E-state index contributed by atoms with van der Waals surface area (Å²) < 4.78 is 16.2. The number of ether oxygens (including phenoxy) is 2. The molecule has 2 saturated heterocycles. The normalized spacial score (nSPS) is 51.2. The maximum atomic E-state index is 12.8. The van der Waals surface area contributed by atoms with Crippen LogP contribution in [0.15, 0.2) is 23.0 Å². The maximum absolute atomic E-state index is 12.8. The van der Waals surface area contributed by atoms with Gasteiger partial charge in [0, 0.05) is 11.0 Å². The van der Waals surface area contributed by atoms with Crippen molar-refractivity contribution in [2.45, 2.75) is 63.4 Å². The van der Waals surface area contributed by atoms with Crippen molar-refractivity contribution in [2.24, 2.45) is 22.7 Å². The van der Waals surface area contributed by atoms with Gasteiger partial charge in [0.2, 0.25) is 0 Å². The number of rotatable bonds is 1. The van der Waals surface area contributed by atoms with Gasteiger partial charge in [-0.25, -0.2) is 4.79 Å². The molecule has 4 aliphatic rings. The summed E-state index contributed by atoms with van der Waals surface area (Å²) in [4.78, 5) is 25.3. The highest BCUT2D eigenvalue weighted by molar-refractivity contribution is 5.85. The summed E-state index contributed by atoms with van der Waals surface area (Å²) in [5.74, 6) is -1.44. The van der Waals surface area contributed by atoms with Gasteiger partial charge >= 0.3 is 11.9 Å². The van der Waals surface area contributed by atoms with Gasteiger partial charge in [0.25, 0.3) is 0 Å². The van der Waals surface area contributed by atoms with E-state index >= 15 is 0 Å². The molecule has 4 fully saturated rings. The molecule has 2 aliphatic heterocycles. The first kappa shape index (κ1) is 17.3. The van der Waals surface area contributed by atoms with Crippen LogP contribution >= 0.6 is 0 Å². The Morgan fingerprint density at radius 3 is 2.70 bits per heavy atom. The zero-order chi connectivity index (χ0) is 19.2. The number of furan rings is 1. The van der Waals surface area contributed by atoms with Crippen molar-refractivity contribution >= 4 is 11.9 Å². The second kappa shape index (κ2) is 5.14. The molecule has 146 valence electrons. The number of fused-ring (bicyclic) bond motifs is 6. The molecule has 2 bridgehead atoms. The van der Waals surface area contributed by atoms with Crippen molar-refractivity contribution in [1.82, 2.24) is 0 Å². The molecule has 1 aromatic heterocycles. The summed E-state index contributed by atoms with van der Waals surface area (Å²) in [5.41, 5.74) is -2.47. The van der Waals surface area contributed by atoms with Crippen molar-refractivity contribution in [3.63, 3.8) is 0 Å². The van der Waals surface area contributed by atoms with Gasteiger partial charge in [-0.05, 0) is 43.1 Å². The molecular formula is C20H24O7. The Morgan fingerprint density at radius 1 is 1.22 bits per heavy atom. The fourth-order valence-electron chi connectivity index (χ4n) is 6.55. The molecule has 5 rings (SSSR count). The Bertz CT molecular complexity index is 803. The van der Waals surface area contributed by atoms with E-state index in [0.29, 0.717) is 25.7 Å². The van der Waals surface area contributed by atoms with E-state index in [2.05, 4.69) is 6.92 Å². The van der Waals surface area contributed by atoms with Crippen LogP contribution in [0.3, 0.4) is 0 Å². The van der Waals surface area contributed by atoms with Crippen molar-refractivity contribution in [1.29, 1.82) is 0 Å². The van der Waals surface area contributed by atoms with E-state index in [0.717, 1.165) is 5.56 Å².